The van der Waals surface area contributed by atoms with Gasteiger partial charge in [-0.1, -0.05) is 5.21 Å². The summed E-state index contributed by atoms with van der Waals surface area (Å²) in [5.41, 5.74) is -0.635. The van der Waals surface area contributed by atoms with Crippen molar-refractivity contribution in [1.82, 2.24) is 25.2 Å². The standard InChI is InChI=1S/C11H17N5O3/c1-11(2)10(19)12-3-4-15(11)5-6-16-7-8(9(17)18)13-14-16/h7H,3-6H2,1-2H3,(H,12,19)(H,17,18). The molecule has 1 aliphatic heterocycles. The van der Waals surface area contributed by atoms with E-state index in [2.05, 4.69) is 15.6 Å². The van der Waals surface area contributed by atoms with E-state index in [1.165, 1.54) is 10.9 Å². The molecule has 0 atom stereocenters. The van der Waals surface area contributed by atoms with Gasteiger partial charge in [-0.05, 0) is 13.8 Å². The minimum Gasteiger partial charge on any atom is -0.476 e. The number of hydrogen-bond donors (Lipinski definition) is 2. The number of carbonyl (C=O) groups is 2. The third-order valence-electron chi connectivity index (χ3n) is 3.37. The Labute approximate surface area is 110 Å². The van der Waals surface area contributed by atoms with Crippen LogP contribution in [0.25, 0.3) is 0 Å². The summed E-state index contributed by atoms with van der Waals surface area (Å²) in [7, 11) is 0. The SMILES string of the molecule is CC1(C)C(=O)NCCN1CCn1cc(C(=O)O)nn1. The minimum atomic E-state index is -1.09. The molecule has 1 saturated heterocycles. The minimum absolute atomic E-state index is 0.00330. The van der Waals surface area contributed by atoms with Gasteiger partial charge in [0.1, 0.15) is 0 Å². The average molecular weight is 267 g/mol. The van der Waals surface area contributed by atoms with Crippen LogP contribution in [0.2, 0.25) is 0 Å². The third-order valence-corrected chi connectivity index (χ3v) is 3.37. The van der Waals surface area contributed by atoms with E-state index in [4.69, 9.17) is 5.11 Å². The van der Waals surface area contributed by atoms with E-state index in [1.807, 2.05) is 18.7 Å². The topological polar surface area (TPSA) is 100 Å². The number of aromatic nitrogens is 3. The summed E-state index contributed by atoms with van der Waals surface area (Å²) in [6.07, 6.45) is 1.39. The van der Waals surface area contributed by atoms with Crippen LogP contribution in [0.1, 0.15) is 24.3 Å². The largest absolute Gasteiger partial charge is 0.476 e. The van der Waals surface area contributed by atoms with E-state index in [1.54, 1.807) is 0 Å². The summed E-state index contributed by atoms with van der Waals surface area (Å²) in [4.78, 5) is 24.5. The molecule has 0 unspecified atom stereocenters. The molecule has 0 radical (unpaired) electrons. The van der Waals surface area contributed by atoms with Crippen LogP contribution in [0.3, 0.4) is 0 Å². The van der Waals surface area contributed by atoms with Crippen molar-refractivity contribution in [1.29, 1.82) is 0 Å². The molecule has 2 rings (SSSR count). The Morgan fingerprint density at radius 2 is 2.26 bits per heavy atom. The number of hydrogen-bond acceptors (Lipinski definition) is 5. The molecule has 1 amide bonds. The highest BCUT2D eigenvalue weighted by Crippen LogP contribution is 2.17. The maximum absolute atomic E-state index is 11.8. The van der Waals surface area contributed by atoms with Crippen molar-refractivity contribution in [2.24, 2.45) is 0 Å². The van der Waals surface area contributed by atoms with Gasteiger partial charge in [-0.2, -0.15) is 0 Å². The van der Waals surface area contributed by atoms with E-state index < -0.39 is 11.5 Å². The number of aromatic carboxylic acids is 1. The summed E-state index contributed by atoms with van der Waals surface area (Å²) < 4.78 is 1.48. The molecule has 0 aliphatic carbocycles. The summed E-state index contributed by atoms with van der Waals surface area (Å²) >= 11 is 0. The fourth-order valence-electron chi connectivity index (χ4n) is 2.06. The molecule has 2 heterocycles. The number of nitrogens with zero attached hydrogens (tertiary/aromatic N) is 4. The number of carboxylic acids is 1. The fourth-order valence-corrected chi connectivity index (χ4v) is 2.06. The predicted octanol–water partition coefficient (Wildman–Crippen LogP) is -0.813. The van der Waals surface area contributed by atoms with Gasteiger partial charge in [0, 0.05) is 19.6 Å². The van der Waals surface area contributed by atoms with Crippen LogP contribution in [0, 0.1) is 0 Å². The zero-order valence-corrected chi connectivity index (χ0v) is 11.0. The lowest BCUT2D eigenvalue weighted by Gasteiger charge is -2.41. The maximum atomic E-state index is 11.8. The number of amides is 1. The Kier molecular flexibility index (Phi) is 3.52. The van der Waals surface area contributed by atoms with Crippen molar-refractivity contribution >= 4 is 11.9 Å². The highest BCUT2D eigenvalue weighted by molar-refractivity contribution is 5.86. The Morgan fingerprint density at radius 3 is 2.89 bits per heavy atom. The second kappa shape index (κ2) is 4.96. The van der Waals surface area contributed by atoms with Crippen molar-refractivity contribution in [3.05, 3.63) is 11.9 Å². The van der Waals surface area contributed by atoms with Gasteiger partial charge in [0.15, 0.2) is 5.69 Å². The zero-order chi connectivity index (χ0) is 14.0. The van der Waals surface area contributed by atoms with Crippen LogP contribution < -0.4 is 5.32 Å². The zero-order valence-electron chi connectivity index (χ0n) is 11.0. The second-order valence-corrected chi connectivity index (χ2v) is 4.97. The molecular formula is C11H17N5O3. The van der Waals surface area contributed by atoms with Gasteiger partial charge in [0.05, 0.1) is 18.3 Å². The van der Waals surface area contributed by atoms with E-state index in [-0.39, 0.29) is 11.6 Å². The number of rotatable bonds is 4. The van der Waals surface area contributed by atoms with Gasteiger partial charge in [0.2, 0.25) is 5.91 Å². The Hall–Kier alpha value is -1.96. The van der Waals surface area contributed by atoms with Gasteiger partial charge in [-0.15, -0.1) is 5.10 Å². The molecule has 0 saturated carbocycles. The fraction of sp³-hybridized carbons (Fsp3) is 0.636. The first-order chi connectivity index (χ1) is 8.91. The molecule has 2 N–H and O–H groups in total. The number of piperazine rings is 1. The smallest absolute Gasteiger partial charge is 0.358 e. The molecule has 1 fully saturated rings. The van der Waals surface area contributed by atoms with Crippen LogP contribution in [-0.4, -0.2) is 62.0 Å². The quantitative estimate of drug-likeness (QED) is 0.739. The predicted molar refractivity (Wildman–Crippen MR) is 65.6 cm³/mol. The lowest BCUT2D eigenvalue weighted by Crippen LogP contribution is -2.62. The second-order valence-electron chi connectivity index (χ2n) is 4.97. The van der Waals surface area contributed by atoms with Gasteiger partial charge in [-0.3, -0.25) is 14.4 Å². The molecule has 1 aromatic heterocycles. The van der Waals surface area contributed by atoms with Crippen LogP contribution in [0.15, 0.2) is 6.20 Å². The average Bonchev–Trinajstić information content (AvgIpc) is 2.80. The summed E-state index contributed by atoms with van der Waals surface area (Å²) in [6, 6.07) is 0. The molecular weight excluding hydrogens is 250 g/mol. The summed E-state index contributed by atoms with van der Waals surface area (Å²) in [5.74, 6) is -1.09. The van der Waals surface area contributed by atoms with E-state index >= 15 is 0 Å². The van der Waals surface area contributed by atoms with Crippen LogP contribution >= 0.6 is 0 Å². The molecule has 8 nitrogen and oxygen atoms in total. The Morgan fingerprint density at radius 1 is 1.53 bits per heavy atom. The first-order valence-electron chi connectivity index (χ1n) is 6.08. The Bertz CT molecular complexity index is 496. The molecule has 19 heavy (non-hydrogen) atoms. The lowest BCUT2D eigenvalue weighted by atomic mass is 9.99. The molecule has 1 aromatic rings. The number of carboxylic acid groups (broad SMARTS) is 1. The van der Waals surface area contributed by atoms with Crippen LogP contribution in [0.5, 0.6) is 0 Å². The molecule has 0 bridgehead atoms. The molecule has 8 heteroatoms. The van der Waals surface area contributed by atoms with Crippen LogP contribution in [0.4, 0.5) is 0 Å². The van der Waals surface area contributed by atoms with Crippen molar-refractivity contribution < 1.29 is 14.7 Å². The highest BCUT2D eigenvalue weighted by Gasteiger charge is 2.37. The first kappa shape index (κ1) is 13.5. The van der Waals surface area contributed by atoms with E-state index in [9.17, 15) is 9.59 Å². The normalized spacial score (nSPS) is 19.2. The van der Waals surface area contributed by atoms with Crippen molar-refractivity contribution in [3.8, 4) is 0 Å². The number of nitrogens with one attached hydrogen (secondary N) is 1. The Balaban J connectivity index is 1.97. The highest BCUT2D eigenvalue weighted by atomic mass is 16.4. The van der Waals surface area contributed by atoms with E-state index in [0.29, 0.717) is 19.6 Å². The summed E-state index contributed by atoms with van der Waals surface area (Å²) in [6.45, 7) is 6.23. The van der Waals surface area contributed by atoms with Crippen molar-refractivity contribution in [2.45, 2.75) is 25.9 Å². The summed E-state index contributed by atoms with van der Waals surface area (Å²) in [5, 5.41) is 18.9. The monoisotopic (exact) mass is 267 g/mol. The molecule has 0 spiro atoms. The van der Waals surface area contributed by atoms with Crippen molar-refractivity contribution in [2.75, 3.05) is 19.6 Å². The molecule has 1 aliphatic rings. The van der Waals surface area contributed by atoms with Gasteiger partial charge < -0.3 is 10.4 Å². The van der Waals surface area contributed by atoms with Crippen LogP contribution in [-0.2, 0) is 11.3 Å². The molecule has 0 aromatic carbocycles. The maximum Gasteiger partial charge on any atom is 0.358 e. The van der Waals surface area contributed by atoms with Crippen molar-refractivity contribution in [3.63, 3.8) is 0 Å². The van der Waals surface area contributed by atoms with Gasteiger partial charge in [0.25, 0.3) is 0 Å². The van der Waals surface area contributed by atoms with Gasteiger partial charge in [-0.25, -0.2) is 4.79 Å². The number of carbonyl (C=O) groups excluding carboxylic acids is 1. The molecule has 104 valence electrons. The van der Waals surface area contributed by atoms with E-state index in [0.717, 1.165) is 6.54 Å². The lowest BCUT2D eigenvalue weighted by molar-refractivity contribution is -0.135. The van der Waals surface area contributed by atoms with Gasteiger partial charge >= 0.3 is 5.97 Å². The third kappa shape index (κ3) is 2.73. The first-order valence-corrected chi connectivity index (χ1v) is 6.08.